The van der Waals surface area contributed by atoms with E-state index in [1.54, 1.807) is 6.07 Å². The van der Waals surface area contributed by atoms with Gasteiger partial charge in [0.05, 0.1) is 16.3 Å². The van der Waals surface area contributed by atoms with Gasteiger partial charge in [0.25, 0.3) is 0 Å². The van der Waals surface area contributed by atoms with Gasteiger partial charge in [0.2, 0.25) is 10.0 Å². The zero-order valence-corrected chi connectivity index (χ0v) is 12.9. The number of nitrogen functional groups attached to an aromatic ring is 1. The van der Waals surface area contributed by atoms with Crippen LogP contribution in [0.2, 0.25) is 0 Å². The number of hydrogen-bond donors (Lipinski definition) is 2. The molecule has 0 aromatic heterocycles. The summed E-state index contributed by atoms with van der Waals surface area (Å²) in [6, 6.07) is 5.16. The van der Waals surface area contributed by atoms with E-state index in [9.17, 15) is 8.42 Å². The molecule has 1 fully saturated rings. The highest BCUT2D eigenvalue weighted by atomic mass is 32.2. The normalized spacial score (nSPS) is 23.6. The highest BCUT2D eigenvalue weighted by molar-refractivity contribution is 7.89. The molecule has 20 heavy (non-hydrogen) atoms. The van der Waals surface area contributed by atoms with Gasteiger partial charge in [-0.3, -0.25) is 0 Å². The molecule has 0 saturated heterocycles. The van der Waals surface area contributed by atoms with E-state index < -0.39 is 10.0 Å². The van der Waals surface area contributed by atoms with E-state index in [1.165, 1.54) is 25.0 Å². The Balaban J connectivity index is 2.24. The van der Waals surface area contributed by atoms with Crippen LogP contribution in [0.15, 0.2) is 23.1 Å². The third kappa shape index (κ3) is 3.24. The molecule has 0 aliphatic heterocycles. The lowest BCUT2D eigenvalue weighted by Gasteiger charge is -2.36. The molecule has 112 valence electrons. The summed E-state index contributed by atoms with van der Waals surface area (Å²) in [4.78, 5) is 2.22. The minimum atomic E-state index is -3.70. The van der Waals surface area contributed by atoms with Crippen molar-refractivity contribution in [3.05, 3.63) is 18.2 Å². The average Bonchev–Trinajstić information content (AvgIpc) is 2.36. The second kappa shape index (κ2) is 5.61. The molecule has 2 unspecified atom stereocenters. The van der Waals surface area contributed by atoms with Crippen LogP contribution < -0.4 is 15.8 Å². The first-order chi connectivity index (χ1) is 9.29. The van der Waals surface area contributed by atoms with Gasteiger partial charge in [0, 0.05) is 13.1 Å². The van der Waals surface area contributed by atoms with Crippen LogP contribution in [0, 0.1) is 5.92 Å². The minimum absolute atomic E-state index is 0.0594. The van der Waals surface area contributed by atoms with Gasteiger partial charge < -0.3 is 10.6 Å². The van der Waals surface area contributed by atoms with E-state index in [0.29, 0.717) is 11.7 Å². The summed E-state index contributed by atoms with van der Waals surface area (Å²) in [6.07, 6.45) is 4.81. The molecule has 0 spiro atoms. The van der Waals surface area contributed by atoms with Crippen molar-refractivity contribution in [1.82, 2.24) is 0 Å². The van der Waals surface area contributed by atoms with Crippen LogP contribution in [0.1, 0.15) is 32.6 Å². The molecule has 1 aromatic carbocycles. The van der Waals surface area contributed by atoms with Crippen LogP contribution in [-0.4, -0.2) is 21.5 Å². The van der Waals surface area contributed by atoms with Crippen molar-refractivity contribution in [3.63, 3.8) is 0 Å². The van der Waals surface area contributed by atoms with E-state index in [2.05, 4.69) is 11.8 Å². The molecular formula is C14H23N3O2S. The summed E-state index contributed by atoms with van der Waals surface area (Å²) >= 11 is 0. The summed E-state index contributed by atoms with van der Waals surface area (Å²) in [5.41, 5.74) is 7.33. The predicted octanol–water partition coefficient (Wildman–Crippen LogP) is 1.93. The highest BCUT2D eigenvalue weighted by Crippen LogP contribution is 2.32. The number of primary sulfonamides is 1. The molecule has 0 radical (unpaired) electrons. The molecule has 0 amide bonds. The Morgan fingerprint density at radius 3 is 2.55 bits per heavy atom. The molecular weight excluding hydrogens is 274 g/mol. The standard InChI is InChI=1S/C14H23N3O2S/c1-10-4-3-5-11(8-10)17(2)14-7-6-12(9-13(14)15)20(16,18)19/h6-7,9-11H,3-5,8,15H2,1-2H3,(H2,16,18,19). The quantitative estimate of drug-likeness (QED) is 0.834. The average molecular weight is 297 g/mol. The van der Waals surface area contributed by atoms with Crippen molar-refractivity contribution in [2.45, 2.75) is 43.5 Å². The zero-order valence-electron chi connectivity index (χ0n) is 12.0. The van der Waals surface area contributed by atoms with Gasteiger partial charge in [-0.2, -0.15) is 0 Å². The van der Waals surface area contributed by atoms with Crippen molar-refractivity contribution in [2.75, 3.05) is 17.7 Å². The predicted molar refractivity (Wildman–Crippen MR) is 82.1 cm³/mol. The van der Waals surface area contributed by atoms with Gasteiger partial charge in [-0.15, -0.1) is 0 Å². The molecule has 2 rings (SSSR count). The Morgan fingerprint density at radius 1 is 1.30 bits per heavy atom. The van der Waals surface area contributed by atoms with Gasteiger partial charge in [0.15, 0.2) is 0 Å². The summed E-state index contributed by atoms with van der Waals surface area (Å²) in [5, 5.41) is 5.12. The summed E-state index contributed by atoms with van der Waals surface area (Å²) in [7, 11) is -1.68. The zero-order chi connectivity index (χ0) is 14.9. The van der Waals surface area contributed by atoms with E-state index in [4.69, 9.17) is 10.9 Å². The lowest BCUT2D eigenvalue weighted by Crippen LogP contribution is -2.36. The van der Waals surface area contributed by atoms with Crippen LogP contribution >= 0.6 is 0 Å². The van der Waals surface area contributed by atoms with Crippen molar-refractivity contribution < 1.29 is 8.42 Å². The van der Waals surface area contributed by atoms with Crippen LogP contribution in [-0.2, 0) is 10.0 Å². The molecule has 0 bridgehead atoms. The fourth-order valence-corrected chi connectivity index (χ4v) is 3.53. The summed E-state index contributed by atoms with van der Waals surface area (Å²) in [6.45, 7) is 2.27. The highest BCUT2D eigenvalue weighted by Gasteiger charge is 2.24. The van der Waals surface area contributed by atoms with E-state index in [-0.39, 0.29) is 4.90 Å². The molecule has 1 saturated carbocycles. The largest absolute Gasteiger partial charge is 0.397 e. The Morgan fingerprint density at radius 2 is 2.00 bits per heavy atom. The molecule has 1 aliphatic rings. The van der Waals surface area contributed by atoms with Gasteiger partial charge in [-0.25, -0.2) is 13.6 Å². The van der Waals surface area contributed by atoms with Crippen LogP contribution in [0.5, 0.6) is 0 Å². The first-order valence-corrected chi connectivity index (χ1v) is 8.49. The van der Waals surface area contributed by atoms with Crippen molar-refractivity contribution in [3.8, 4) is 0 Å². The maximum Gasteiger partial charge on any atom is 0.238 e. The Bertz CT molecular complexity index is 586. The number of sulfonamides is 1. The Kier molecular flexibility index (Phi) is 4.25. The smallest absolute Gasteiger partial charge is 0.238 e. The number of nitrogens with zero attached hydrogens (tertiary/aromatic N) is 1. The molecule has 4 N–H and O–H groups in total. The molecule has 1 aromatic rings. The monoisotopic (exact) mass is 297 g/mol. The van der Waals surface area contributed by atoms with Gasteiger partial charge in [0.1, 0.15) is 0 Å². The minimum Gasteiger partial charge on any atom is -0.397 e. The van der Waals surface area contributed by atoms with E-state index >= 15 is 0 Å². The van der Waals surface area contributed by atoms with E-state index in [0.717, 1.165) is 24.4 Å². The summed E-state index contributed by atoms with van der Waals surface area (Å²) < 4.78 is 22.6. The summed E-state index contributed by atoms with van der Waals surface area (Å²) in [5.74, 6) is 0.723. The number of rotatable bonds is 3. The lowest BCUT2D eigenvalue weighted by atomic mass is 9.86. The number of benzene rings is 1. The van der Waals surface area contributed by atoms with Gasteiger partial charge >= 0.3 is 0 Å². The Labute approximate surface area is 121 Å². The van der Waals surface area contributed by atoms with Gasteiger partial charge in [-0.1, -0.05) is 19.8 Å². The third-order valence-corrected chi connectivity index (χ3v) is 5.07. The SMILES string of the molecule is CC1CCCC(N(C)c2ccc(S(N)(=O)=O)cc2N)C1. The van der Waals surface area contributed by atoms with Crippen molar-refractivity contribution in [2.24, 2.45) is 11.1 Å². The molecule has 2 atom stereocenters. The molecule has 1 aliphatic carbocycles. The maximum absolute atomic E-state index is 11.3. The van der Waals surface area contributed by atoms with Crippen LogP contribution in [0.25, 0.3) is 0 Å². The second-order valence-electron chi connectivity index (χ2n) is 5.80. The van der Waals surface area contributed by atoms with Gasteiger partial charge in [-0.05, 0) is 37.0 Å². The van der Waals surface area contributed by atoms with Crippen molar-refractivity contribution >= 4 is 21.4 Å². The van der Waals surface area contributed by atoms with Crippen molar-refractivity contribution in [1.29, 1.82) is 0 Å². The topological polar surface area (TPSA) is 89.4 Å². The number of hydrogen-bond acceptors (Lipinski definition) is 4. The van der Waals surface area contributed by atoms with E-state index in [1.807, 2.05) is 7.05 Å². The number of anilines is 2. The fraction of sp³-hybridized carbons (Fsp3) is 0.571. The first-order valence-electron chi connectivity index (χ1n) is 6.94. The Hall–Kier alpha value is -1.27. The molecule has 0 heterocycles. The second-order valence-corrected chi connectivity index (χ2v) is 7.36. The fourth-order valence-electron chi connectivity index (χ4n) is 2.98. The first kappa shape index (κ1) is 15.1. The van der Waals surface area contributed by atoms with Crippen LogP contribution in [0.4, 0.5) is 11.4 Å². The molecule has 6 heteroatoms. The number of nitrogens with two attached hydrogens (primary N) is 2. The lowest BCUT2D eigenvalue weighted by molar-refractivity contribution is 0.336. The molecule has 5 nitrogen and oxygen atoms in total. The third-order valence-electron chi connectivity index (χ3n) is 4.16. The van der Waals surface area contributed by atoms with Crippen LogP contribution in [0.3, 0.4) is 0 Å². The maximum atomic E-state index is 11.3.